The third-order valence-electron chi connectivity index (χ3n) is 4.25. The second-order valence-corrected chi connectivity index (χ2v) is 6.12. The van der Waals surface area contributed by atoms with Crippen molar-refractivity contribution in [1.82, 2.24) is 9.80 Å². The summed E-state index contributed by atoms with van der Waals surface area (Å²) in [5.41, 5.74) is -0.441. The molecule has 0 saturated carbocycles. The number of carbonyl (C=O) groups is 3. The molecule has 1 fully saturated rings. The number of piperidine rings is 1. The lowest BCUT2D eigenvalue weighted by molar-refractivity contribution is -0.160. The van der Waals surface area contributed by atoms with Gasteiger partial charge in [0.15, 0.2) is 0 Å². The molecule has 1 N–H and O–H groups in total. The quantitative estimate of drug-likeness (QED) is 0.870. The highest BCUT2D eigenvalue weighted by molar-refractivity contribution is 5.89. The zero-order valence-electron chi connectivity index (χ0n) is 13.8. The zero-order valence-corrected chi connectivity index (χ0v) is 13.8. The van der Waals surface area contributed by atoms with E-state index in [9.17, 15) is 23.2 Å². The highest BCUT2D eigenvalue weighted by atomic mass is 19.3. The van der Waals surface area contributed by atoms with E-state index in [4.69, 9.17) is 5.11 Å². The van der Waals surface area contributed by atoms with Gasteiger partial charge in [-0.3, -0.25) is 14.4 Å². The molecule has 0 radical (unpaired) electrons. The molecule has 2 amide bonds. The van der Waals surface area contributed by atoms with Gasteiger partial charge in [0.2, 0.25) is 5.91 Å². The standard InChI is InChI=1S/C17H20F2N2O4/c1-20(16(25)17(18,19)13-7-3-2-4-8-13)11-14(22)21-9-5-6-12(10-21)15(23)24/h2-4,7-8,12H,5-6,9-11H2,1H3,(H,23,24). The number of carboxylic acids is 1. The van der Waals surface area contributed by atoms with Gasteiger partial charge in [-0.05, 0) is 12.8 Å². The predicted octanol–water partition coefficient (Wildman–Crippen LogP) is 1.56. The fourth-order valence-electron chi connectivity index (χ4n) is 2.79. The number of nitrogens with zero attached hydrogens (tertiary/aromatic N) is 2. The van der Waals surface area contributed by atoms with Crippen molar-refractivity contribution in [3.63, 3.8) is 0 Å². The smallest absolute Gasteiger partial charge is 0.349 e. The average molecular weight is 354 g/mol. The van der Waals surface area contributed by atoms with Crippen molar-refractivity contribution in [2.24, 2.45) is 5.92 Å². The van der Waals surface area contributed by atoms with Crippen LogP contribution >= 0.6 is 0 Å². The van der Waals surface area contributed by atoms with Gasteiger partial charge >= 0.3 is 11.9 Å². The lowest BCUT2D eigenvalue weighted by atomic mass is 9.98. The van der Waals surface area contributed by atoms with E-state index in [0.29, 0.717) is 24.3 Å². The summed E-state index contributed by atoms with van der Waals surface area (Å²) in [6.45, 7) is -0.126. The summed E-state index contributed by atoms with van der Waals surface area (Å²) in [4.78, 5) is 37.3. The highest BCUT2D eigenvalue weighted by Crippen LogP contribution is 2.29. The van der Waals surface area contributed by atoms with Crippen LogP contribution in [0.4, 0.5) is 8.78 Å². The molecule has 25 heavy (non-hydrogen) atoms. The van der Waals surface area contributed by atoms with Gasteiger partial charge in [0.05, 0.1) is 12.5 Å². The van der Waals surface area contributed by atoms with Crippen molar-refractivity contribution >= 4 is 17.8 Å². The van der Waals surface area contributed by atoms with Gasteiger partial charge in [0.1, 0.15) is 0 Å². The number of rotatable bonds is 5. The molecule has 6 nitrogen and oxygen atoms in total. The Labute approximate surface area is 144 Å². The van der Waals surface area contributed by atoms with Crippen LogP contribution in [0.25, 0.3) is 0 Å². The molecule has 0 spiro atoms. The number of carbonyl (C=O) groups excluding carboxylic acids is 2. The Balaban J connectivity index is 2.01. The van der Waals surface area contributed by atoms with Crippen LogP contribution in [0.5, 0.6) is 0 Å². The van der Waals surface area contributed by atoms with Gasteiger partial charge < -0.3 is 14.9 Å². The zero-order chi connectivity index (χ0) is 18.6. The summed E-state index contributed by atoms with van der Waals surface area (Å²) in [6, 6.07) is 6.67. The topological polar surface area (TPSA) is 77.9 Å². The number of likely N-dealkylation sites (N-methyl/N-ethyl adjacent to an activating group) is 1. The van der Waals surface area contributed by atoms with Crippen LogP contribution < -0.4 is 0 Å². The van der Waals surface area contributed by atoms with Gasteiger partial charge in [-0.15, -0.1) is 0 Å². The molecule has 136 valence electrons. The first-order valence-corrected chi connectivity index (χ1v) is 7.93. The Morgan fingerprint density at radius 3 is 2.52 bits per heavy atom. The number of amides is 2. The minimum atomic E-state index is -3.73. The van der Waals surface area contributed by atoms with Crippen LogP contribution in [0.15, 0.2) is 30.3 Å². The van der Waals surface area contributed by atoms with Crippen molar-refractivity contribution in [3.8, 4) is 0 Å². The monoisotopic (exact) mass is 354 g/mol. The largest absolute Gasteiger partial charge is 0.481 e. The fourth-order valence-corrected chi connectivity index (χ4v) is 2.79. The molecule has 0 aliphatic carbocycles. The number of halogens is 2. The minimum Gasteiger partial charge on any atom is -0.481 e. The Morgan fingerprint density at radius 2 is 1.92 bits per heavy atom. The van der Waals surface area contributed by atoms with Crippen LogP contribution in [0.2, 0.25) is 0 Å². The maximum atomic E-state index is 14.3. The maximum absolute atomic E-state index is 14.3. The van der Waals surface area contributed by atoms with Crippen molar-refractivity contribution in [3.05, 3.63) is 35.9 Å². The van der Waals surface area contributed by atoms with E-state index in [2.05, 4.69) is 0 Å². The molecule has 2 rings (SSSR count). The Morgan fingerprint density at radius 1 is 1.28 bits per heavy atom. The second-order valence-electron chi connectivity index (χ2n) is 6.12. The summed E-state index contributed by atoms with van der Waals surface area (Å²) in [5, 5.41) is 9.04. The van der Waals surface area contributed by atoms with E-state index in [-0.39, 0.29) is 6.54 Å². The molecule has 1 unspecified atom stereocenters. The average Bonchev–Trinajstić information content (AvgIpc) is 2.61. The van der Waals surface area contributed by atoms with Crippen LogP contribution in [-0.2, 0) is 20.3 Å². The first-order chi connectivity index (χ1) is 11.7. The molecule has 1 atom stereocenters. The van der Waals surface area contributed by atoms with E-state index in [0.717, 1.165) is 19.2 Å². The molecular formula is C17H20F2N2O4. The summed E-state index contributed by atoms with van der Waals surface area (Å²) in [7, 11) is 1.13. The fraction of sp³-hybridized carbons (Fsp3) is 0.471. The van der Waals surface area contributed by atoms with Crippen molar-refractivity contribution in [2.75, 3.05) is 26.7 Å². The number of alkyl halides is 2. The number of aliphatic carboxylic acids is 1. The predicted molar refractivity (Wildman–Crippen MR) is 84.9 cm³/mol. The van der Waals surface area contributed by atoms with E-state index < -0.39 is 41.7 Å². The highest BCUT2D eigenvalue weighted by Gasteiger charge is 2.43. The molecule has 0 aromatic heterocycles. The Kier molecular flexibility index (Phi) is 5.71. The van der Waals surface area contributed by atoms with Crippen LogP contribution in [0.3, 0.4) is 0 Å². The molecule has 1 aliphatic heterocycles. The first-order valence-electron chi connectivity index (χ1n) is 7.93. The summed E-state index contributed by atoms with van der Waals surface area (Å²) >= 11 is 0. The van der Waals surface area contributed by atoms with Gasteiger partial charge in [-0.25, -0.2) is 0 Å². The maximum Gasteiger partial charge on any atom is 0.349 e. The van der Waals surface area contributed by atoms with Crippen LogP contribution in [0.1, 0.15) is 18.4 Å². The Bertz CT molecular complexity index is 651. The third-order valence-corrected chi connectivity index (χ3v) is 4.25. The molecular weight excluding hydrogens is 334 g/mol. The Hall–Kier alpha value is -2.51. The van der Waals surface area contributed by atoms with Crippen LogP contribution in [0, 0.1) is 5.92 Å². The number of benzene rings is 1. The van der Waals surface area contributed by atoms with E-state index in [1.807, 2.05) is 0 Å². The van der Waals surface area contributed by atoms with Gasteiger partial charge in [-0.2, -0.15) is 8.78 Å². The van der Waals surface area contributed by atoms with Gasteiger partial charge in [-0.1, -0.05) is 30.3 Å². The van der Waals surface area contributed by atoms with Crippen molar-refractivity contribution in [2.45, 2.75) is 18.8 Å². The molecule has 1 aromatic rings. The summed E-state index contributed by atoms with van der Waals surface area (Å²) < 4.78 is 28.5. The van der Waals surface area contributed by atoms with E-state index >= 15 is 0 Å². The third kappa shape index (κ3) is 4.32. The molecule has 8 heteroatoms. The summed E-state index contributed by atoms with van der Waals surface area (Å²) in [5.74, 6) is -7.39. The SMILES string of the molecule is CN(CC(=O)N1CCCC(C(=O)O)C1)C(=O)C(F)(F)c1ccccc1. The summed E-state index contributed by atoms with van der Waals surface area (Å²) in [6.07, 6.45) is 1.00. The number of hydrogen-bond donors (Lipinski definition) is 1. The molecule has 1 aliphatic rings. The minimum absolute atomic E-state index is 0.0330. The second kappa shape index (κ2) is 7.58. The van der Waals surface area contributed by atoms with Crippen molar-refractivity contribution in [1.29, 1.82) is 0 Å². The number of hydrogen-bond acceptors (Lipinski definition) is 3. The number of carboxylic acid groups (broad SMARTS) is 1. The van der Waals surface area contributed by atoms with Gasteiger partial charge in [0.25, 0.3) is 5.91 Å². The van der Waals surface area contributed by atoms with Crippen LogP contribution in [-0.4, -0.2) is 59.4 Å². The molecule has 0 bridgehead atoms. The van der Waals surface area contributed by atoms with Gasteiger partial charge in [0, 0.05) is 25.7 Å². The first kappa shape index (κ1) is 18.8. The molecule has 1 saturated heterocycles. The van der Waals surface area contributed by atoms with E-state index in [1.165, 1.54) is 17.0 Å². The van der Waals surface area contributed by atoms with E-state index in [1.54, 1.807) is 6.07 Å². The lowest BCUT2D eigenvalue weighted by Crippen LogP contribution is -2.49. The number of likely N-dealkylation sites (tertiary alicyclic amines) is 1. The normalized spacial score (nSPS) is 17.9. The molecule has 1 aromatic carbocycles. The van der Waals surface area contributed by atoms with Crippen molar-refractivity contribution < 1.29 is 28.3 Å². The lowest BCUT2D eigenvalue weighted by Gasteiger charge is -2.32. The molecule has 1 heterocycles.